The van der Waals surface area contributed by atoms with E-state index in [-0.39, 0.29) is 27.9 Å². The van der Waals surface area contributed by atoms with Gasteiger partial charge in [0.1, 0.15) is 23.7 Å². The predicted octanol–water partition coefficient (Wildman–Crippen LogP) is 3.48. The van der Waals surface area contributed by atoms with Crippen molar-refractivity contribution in [3.63, 3.8) is 0 Å². The van der Waals surface area contributed by atoms with Gasteiger partial charge in [-0.05, 0) is 31.0 Å². The summed E-state index contributed by atoms with van der Waals surface area (Å²) in [6.07, 6.45) is 0.829. The van der Waals surface area contributed by atoms with Gasteiger partial charge in [-0.15, -0.1) is 0 Å². The van der Waals surface area contributed by atoms with Crippen molar-refractivity contribution >= 4 is 32.8 Å². The van der Waals surface area contributed by atoms with Crippen LogP contribution in [0.3, 0.4) is 0 Å². The number of anilines is 1. The molecule has 184 valence electrons. The predicted molar refractivity (Wildman–Crippen MR) is 116 cm³/mol. The van der Waals surface area contributed by atoms with Crippen molar-refractivity contribution in [2.75, 3.05) is 18.0 Å². The molecule has 0 unspecified atom stereocenters. The normalized spacial score (nSPS) is 23.9. The summed E-state index contributed by atoms with van der Waals surface area (Å²) in [5.74, 6) is -5.40. The second kappa shape index (κ2) is 7.40. The van der Waals surface area contributed by atoms with Crippen LogP contribution in [0.5, 0.6) is 0 Å². The molecular weight excluding hydrogens is 492 g/mol. The molecule has 1 N–H and O–H groups in total. The van der Waals surface area contributed by atoms with E-state index >= 15 is 8.78 Å². The number of hydrogen-bond donors (Lipinski definition) is 1. The Hall–Kier alpha value is -3.19. The summed E-state index contributed by atoms with van der Waals surface area (Å²) in [6.45, 7) is -1.03. The zero-order chi connectivity index (χ0) is 24.7. The third-order valence-corrected chi connectivity index (χ3v) is 8.70. The third kappa shape index (κ3) is 3.32. The monoisotopic (exact) mass is 510 g/mol. The molecule has 0 bridgehead atoms. The molecule has 8 nitrogen and oxygen atoms in total. The Balaban J connectivity index is 1.37. The first-order valence-electron chi connectivity index (χ1n) is 10.9. The van der Waals surface area contributed by atoms with Gasteiger partial charge in [-0.2, -0.15) is 0 Å². The average Bonchev–Trinajstić information content (AvgIpc) is 3.45. The molecule has 2 aliphatic heterocycles. The van der Waals surface area contributed by atoms with Gasteiger partial charge in [0, 0.05) is 12.1 Å². The molecule has 3 fully saturated rings. The second-order valence-corrected chi connectivity index (χ2v) is 10.9. The van der Waals surface area contributed by atoms with E-state index in [1.807, 2.05) is 0 Å². The number of benzene rings is 2. The van der Waals surface area contributed by atoms with Crippen LogP contribution < -0.4 is 9.62 Å². The molecule has 2 saturated heterocycles. The highest BCUT2D eigenvalue weighted by Gasteiger charge is 2.63. The number of nitrogens with one attached hydrogen (secondary N) is 1. The van der Waals surface area contributed by atoms with Crippen LogP contribution in [0.25, 0.3) is 22.1 Å². The maximum absolute atomic E-state index is 15.2. The van der Waals surface area contributed by atoms with Crippen molar-refractivity contribution in [3.05, 3.63) is 48.0 Å². The van der Waals surface area contributed by atoms with Gasteiger partial charge < -0.3 is 9.42 Å². The number of aromatic nitrogens is 1. The Bertz CT molecular complexity index is 1450. The fraction of sp³-hybridized carbons (Fsp3) is 0.364. The molecule has 35 heavy (non-hydrogen) atoms. The number of halogens is 4. The van der Waals surface area contributed by atoms with Gasteiger partial charge in [-0.25, -0.2) is 35.5 Å². The van der Waals surface area contributed by atoms with E-state index < -0.39 is 64.0 Å². The van der Waals surface area contributed by atoms with E-state index in [2.05, 4.69) is 9.88 Å². The number of carbonyl (C=O) groups excluding carboxylic acids is 1. The van der Waals surface area contributed by atoms with Crippen LogP contribution >= 0.6 is 0 Å². The summed E-state index contributed by atoms with van der Waals surface area (Å²) < 4.78 is 91.4. The van der Waals surface area contributed by atoms with E-state index in [0.717, 1.165) is 21.9 Å². The number of nitrogens with zero attached hydrogens (tertiary/aromatic N) is 3. The highest BCUT2D eigenvalue weighted by molar-refractivity contribution is 7.90. The zero-order valence-corrected chi connectivity index (χ0v) is 18.7. The molecule has 2 atom stereocenters. The topological polar surface area (TPSA) is 95.8 Å². The Labute approximate surface area is 196 Å². The lowest BCUT2D eigenvalue weighted by Crippen LogP contribution is -2.51. The van der Waals surface area contributed by atoms with Crippen molar-refractivity contribution in [1.82, 2.24) is 14.8 Å². The molecule has 3 aliphatic rings. The fourth-order valence-electron chi connectivity index (χ4n) is 4.81. The number of carbonyl (C=O) groups is 1. The van der Waals surface area contributed by atoms with Gasteiger partial charge in [0.25, 0.3) is 5.92 Å². The maximum atomic E-state index is 15.2. The van der Waals surface area contributed by atoms with Crippen LogP contribution in [-0.4, -0.2) is 60.9 Å². The quantitative estimate of drug-likeness (QED) is 0.531. The van der Waals surface area contributed by atoms with Gasteiger partial charge in [0.15, 0.2) is 11.4 Å². The highest BCUT2D eigenvalue weighted by Crippen LogP contribution is 2.44. The van der Waals surface area contributed by atoms with Gasteiger partial charge in [0.2, 0.25) is 10.0 Å². The SMILES string of the molecule is O=C1N(c2noc3cccc(-c4c(F)cccc4F)c23)C[C@H]2N1C[C@@H](NS(=O)(=O)C1CC1)C2(F)F. The smallest absolute Gasteiger partial charge is 0.326 e. The Morgan fingerprint density at radius 3 is 2.40 bits per heavy atom. The number of alkyl halides is 2. The molecule has 1 aliphatic carbocycles. The molecule has 1 aromatic heterocycles. The van der Waals surface area contributed by atoms with Crippen LogP contribution in [0.2, 0.25) is 0 Å². The second-order valence-electron chi connectivity index (χ2n) is 8.93. The van der Waals surface area contributed by atoms with Crippen molar-refractivity contribution < 1.29 is 35.3 Å². The van der Waals surface area contributed by atoms with Crippen LogP contribution in [0.4, 0.5) is 28.2 Å². The average molecular weight is 510 g/mol. The summed E-state index contributed by atoms with van der Waals surface area (Å²) in [4.78, 5) is 15.0. The number of sulfonamides is 1. The van der Waals surface area contributed by atoms with Gasteiger partial charge in [-0.1, -0.05) is 23.4 Å². The van der Waals surface area contributed by atoms with Crippen molar-refractivity contribution in [2.24, 2.45) is 0 Å². The van der Waals surface area contributed by atoms with E-state index in [1.54, 1.807) is 0 Å². The molecule has 3 aromatic rings. The third-order valence-electron chi connectivity index (χ3n) is 6.73. The van der Waals surface area contributed by atoms with Gasteiger partial charge in [0.05, 0.1) is 22.7 Å². The molecule has 3 heterocycles. The molecule has 2 aromatic carbocycles. The van der Waals surface area contributed by atoms with Crippen molar-refractivity contribution in [1.29, 1.82) is 0 Å². The minimum absolute atomic E-state index is 0.0519. The molecule has 0 spiro atoms. The summed E-state index contributed by atoms with van der Waals surface area (Å²) in [7, 11) is -3.90. The first-order valence-corrected chi connectivity index (χ1v) is 12.4. The Morgan fingerprint density at radius 2 is 1.74 bits per heavy atom. The number of rotatable bonds is 5. The minimum Gasteiger partial charge on any atom is -0.354 e. The summed E-state index contributed by atoms with van der Waals surface area (Å²) >= 11 is 0. The minimum atomic E-state index is -3.90. The molecular formula is C22H18F4N4O4S. The first kappa shape index (κ1) is 22.3. The van der Waals surface area contributed by atoms with Crippen molar-refractivity contribution in [2.45, 2.75) is 36.1 Å². The van der Waals surface area contributed by atoms with E-state index in [4.69, 9.17) is 4.52 Å². The lowest BCUT2D eigenvalue weighted by Gasteiger charge is -2.24. The maximum Gasteiger partial charge on any atom is 0.326 e. The van der Waals surface area contributed by atoms with Gasteiger partial charge in [-0.3, -0.25) is 4.90 Å². The Morgan fingerprint density at radius 1 is 1.06 bits per heavy atom. The summed E-state index contributed by atoms with van der Waals surface area (Å²) in [5.41, 5.74) is -0.201. The van der Waals surface area contributed by atoms with E-state index in [1.165, 1.54) is 24.3 Å². The number of urea groups is 1. The molecule has 13 heteroatoms. The van der Waals surface area contributed by atoms with Gasteiger partial charge >= 0.3 is 6.03 Å². The zero-order valence-electron chi connectivity index (χ0n) is 17.9. The number of amides is 2. The van der Waals surface area contributed by atoms with Crippen LogP contribution in [0.1, 0.15) is 12.8 Å². The highest BCUT2D eigenvalue weighted by atomic mass is 32.2. The van der Waals surface area contributed by atoms with Crippen LogP contribution in [0.15, 0.2) is 40.9 Å². The van der Waals surface area contributed by atoms with Crippen LogP contribution in [0, 0.1) is 11.6 Å². The molecule has 2 amide bonds. The number of hydrogen-bond acceptors (Lipinski definition) is 5. The molecule has 6 rings (SSSR count). The number of fused-ring (bicyclic) bond motifs is 2. The first-order chi connectivity index (χ1) is 16.6. The fourth-order valence-corrected chi connectivity index (χ4v) is 6.39. The van der Waals surface area contributed by atoms with Crippen LogP contribution in [-0.2, 0) is 10.0 Å². The standard InChI is InChI=1S/C22H18F4N4O4S/c23-13-4-2-5-14(24)18(13)12-3-1-6-15-19(12)20(27-34-15)30-10-17-22(25,26)16(9-29(17)21(30)31)28-35(32,33)11-7-8-11/h1-6,11,16-17,28H,7-10H2/t16-,17-/m1/s1. The van der Waals surface area contributed by atoms with Crippen molar-refractivity contribution in [3.8, 4) is 11.1 Å². The summed E-state index contributed by atoms with van der Waals surface area (Å²) in [6, 6.07) is 3.55. The van der Waals surface area contributed by atoms with E-state index in [0.29, 0.717) is 12.8 Å². The largest absolute Gasteiger partial charge is 0.354 e. The summed E-state index contributed by atoms with van der Waals surface area (Å²) in [5, 5.41) is 3.28. The lowest BCUT2D eigenvalue weighted by molar-refractivity contribution is -0.0325. The lowest BCUT2D eigenvalue weighted by atomic mass is 10.00. The molecule has 0 radical (unpaired) electrons. The Kier molecular flexibility index (Phi) is 4.71. The molecule has 1 saturated carbocycles. The van der Waals surface area contributed by atoms with E-state index in [9.17, 15) is 22.0 Å².